The van der Waals surface area contributed by atoms with E-state index in [2.05, 4.69) is 12.1 Å². The van der Waals surface area contributed by atoms with Crippen molar-refractivity contribution in [3.63, 3.8) is 0 Å². The van der Waals surface area contributed by atoms with Crippen LogP contribution < -0.4 is 0 Å². The molecule has 1 unspecified atom stereocenters. The van der Waals surface area contributed by atoms with Crippen LogP contribution in [0.15, 0.2) is 12.1 Å². The minimum atomic E-state index is -0.224. The first-order chi connectivity index (χ1) is 8.79. The first kappa shape index (κ1) is 11.6. The van der Waals surface area contributed by atoms with Gasteiger partial charge in [-0.05, 0) is 67.2 Å². The number of Topliss-reactive ketones (excluding diaryl/α,β-unsaturated/α-hetero) is 1. The molecule has 0 fully saturated rings. The van der Waals surface area contributed by atoms with E-state index in [4.69, 9.17) is 0 Å². The molecule has 0 aromatic heterocycles. The molecule has 0 saturated heterocycles. The van der Waals surface area contributed by atoms with Gasteiger partial charge in [-0.2, -0.15) is 0 Å². The lowest BCUT2D eigenvalue weighted by Gasteiger charge is -2.28. The number of hydrogen-bond acceptors (Lipinski definition) is 2. The minimum Gasteiger partial charge on any atom is -0.295 e. The maximum absolute atomic E-state index is 11.5. The van der Waals surface area contributed by atoms with Crippen LogP contribution in [0.5, 0.6) is 0 Å². The van der Waals surface area contributed by atoms with Crippen LogP contribution >= 0.6 is 0 Å². The van der Waals surface area contributed by atoms with Crippen LogP contribution in [-0.2, 0) is 35.3 Å². The van der Waals surface area contributed by atoms with E-state index in [-0.39, 0.29) is 11.7 Å². The number of benzene rings is 1. The standard InChI is InChI=1S/C16H18O2/c17-10-16(18)13-7-8-15-12(9-13)6-5-11-3-1-2-4-14(11)15/h5-6,10,13H,1-4,7-9H2. The Balaban J connectivity index is 1.94. The van der Waals surface area contributed by atoms with Crippen molar-refractivity contribution in [3.8, 4) is 0 Å². The molecule has 2 heteroatoms. The lowest BCUT2D eigenvalue weighted by molar-refractivity contribution is -0.132. The average molecular weight is 242 g/mol. The van der Waals surface area contributed by atoms with E-state index < -0.39 is 0 Å². The molecular weight excluding hydrogens is 224 g/mol. The van der Waals surface area contributed by atoms with E-state index in [0.717, 1.165) is 19.3 Å². The number of ketones is 1. The number of carbonyl (C=O) groups excluding carboxylic acids is 2. The largest absolute Gasteiger partial charge is 0.295 e. The summed E-state index contributed by atoms with van der Waals surface area (Å²) < 4.78 is 0. The monoisotopic (exact) mass is 242 g/mol. The summed E-state index contributed by atoms with van der Waals surface area (Å²) in [4.78, 5) is 22.1. The van der Waals surface area contributed by atoms with Crippen LogP contribution in [0, 0.1) is 5.92 Å². The Labute approximate surface area is 107 Å². The molecule has 2 aliphatic carbocycles. The molecule has 0 radical (unpaired) electrons. The number of rotatable bonds is 2. The molecule has 0 heterocycles. The maximum atomic E-state index is 11.5. The molecule has 2 aliphatic rings. The average Bonchev–Trinajstić information content (AvgIpc) is 2.45. The summed E-state index contributed by atoms with van der Waals surface area (Å²) in [5.74, 6) is -0.296. The quantitative estimate of drug-likeness (QED) is 0.589. The van der Waals surface area contributed by atoms with Crippen molar-refractivity contribution in [2.24, 2.45) is 5.92 Å². The van der Waals surface area contributed by atoms with Crippen LogP contribution in [-0.4, -0.2) is 12.1 Å². The predicted molar refractivity (Wildman–Crippen MR) is 69.7 cm³/mol. The predicted octanol–water partition coefficient (Wildman–Crippen LogP) is 2.44. The van der Waals surface area contributed by atoms with Gasteiger partial charge in [-0.15, -0.1) is 0 Å². The molecule has 3 rings (SSSR count). The third-order valence-electron chi connectivity index (χ3n) is 4.48. The van der Waals surface area contributed by atoms with Crippen molar-refractivity contribution in [1.82, 2.24) is 0 Å². The molecule has 1 aromatic rings. The van der Waals surface area contributed by atoms with Crippen LogP contribution in [0.25, 0.3) is 0 Å². The highest BCUT2D eigenvalue weighted by Gasteiger charge is 2.26. The molecule has 94 valence electrons. The third-order valence-corrected chi connectivity index (χ3v) is 4.48. The van der Waals surface area contributed by atoms with Gasteiger partial charge in [0.15, 0.2) is 12.1 Å². The van der Waals surface area contributed by atoms with Crippen LogP contribution in [0.2, 0.25) is 0 Å². The molecule has 1 atom stereocenters. The lowest BCUT2D eigenvalue weighted by Crippen LogP contribution is -2.25. The van der Waals surface area contributed by atoms with Gasteiger partial charge in [-0.3, -0.25) is 9.59 Å². The van der Waals surface area contributed by atoms with Gasteiger partial charge >= 0.3 is 0 Å². The van der Waals surface area contributed by atoms with Crippen molar-refractivity contribution in [2.75, 3.05) is 0 Å². The summed E-state index contributed by atoms with van der Waals surface area (Å²) in [6, 6.07) is 4.42. The van der Waals surface area contributed by atoms with Gasteiger partial charge in [0.1, 0.15) is 0 Å². The Bertz CT molecular complexity index is 502. The van der Waals surface area contributed by atoms with E-state index >= 15 is 0 Å². The van der Waals surface area contributed by atoms with E-state index in [1.807, 2.05) is 0 Å². The molecule has 0 saturated carbocycles. The van der Waals surface area contributed by atoms with Gasteiger partial charge in [-0.1, -0.05) is 12.1 Å². The normalized spacial score (nSPS) is 21.9. The van der Waals surface area contributed by atoms with E-state index in [1.54, 1.807) is 5.56 Å². The molecule has 0 amide bonds. The summed E-state index contributed by atoms with van der Waals surface area (Å²) in [5.41, 5.74) is 5.86. The molecule has 0 spiro atoms. The summed E-state index contributed by atoms with van der Waals surface area (Å²) in [6.07, 6.45) is 8.08. The molecule has 0 N–H and O–H groups in total. The van der Waals surface area contributed by atoms with Crippen LogP contribution in [0.4, 0.5) is 0 Å². The van der Waals surface area contributed by atoms with E-state index in [9.17, 15) is 9.59 Å². The number of hydrogen-bond donors (Lipinski definition) is 0. The smallest absolute Gasteiger partial charge is 0.198 e. The molecule has 0 aliphatic heterocycles. The maximum Gasteiger partial charge on any atom is 0.198 e. The number of fused-ring (bicyclic) bond motifs is 3. The zero-order chi connectivity index (χ0) is 12.5. The van der Waals surface area contributed by atoms with Gasteiger partial charge in [0, 0.05) is 5.92 Å². The minimum absolute atomic E-state index is 0.0726. The van der Waals surface area contributed by atoms with Gasteiger partial charge in [0.05, 0.1) is 0 Å². The van der Waals surface area contributed by atoms with Crippen molar-refractivity contribution in [3.05, 3.63) is 34.4 Å². The summed E-state index contributed by atoms with van der Waals surface area (Å²) >= 11 is 0. The van der Waals surface area contributed by atoms with Crippen molar-refractivity contribution in [2.45, 2.75) is 44.9 Å². The number of aldehydes is 1. The van der Waals surface area contributed by atoms with Gasteiger partial charge < -0.3 is 0 Å². The second-order valence-corrected chi connectivity index (χ2v) is 5.51. The first-order valence-corrected chi connectivity index (χ1v) is 6.91. The molecular formula is C16H18O2. The summed E-state index contributed by atoms with van der Waals surface area (Å²) in [7, 11) is 0. The first-order valence-electron chi connectivity index (χ1n) is 6.91. The fraction of sp³-hybridized carbons (Fsp3) is 0.500. The highest BCUT2D eigenvalue weighted by Crippen LogP contribution is 2.33. The van der Waals surface area contributed by atoms with E-state index in [0.29, 0.717) is 6.29 Å². The molecule has 18 heavy (non-hydrogen) atoms. The van der Waals surface area contributed by atoms with E-state index in [1.165, 1.54) is 42.4 Å². The molecule has 0 bridgehead atoms. The highest BCUT2D eigenvalue weighted by atomic mass is 16.2. The Morgan fingerprint density at radius 3 is 2.61 bits per heavy atom. The fourth-order valence-electron chi connectivity index (χ4n) is 3.48. The topological polar surface area (TPSA) is 34.1 Å². The lowest BCUT2D eigenvalue weighted by atomic mass is 9.76. The molecule has 1 aromatic carbocycles. The Hall–Kier alpha value is -1.44. The van der Waals surface area contributed by atoms with Gasteiger partial charge in [0.2, 0.25) is 0 Å². The Morgan fingerprint density at radius 2 is 1.78 bits per heavy atom. The second-order valence-electron chi connectivity index (χ2n) is 5.51. The zero-order valence-corrected chi connectivity index (χ0v) is 10.6. The Morgan fingerprint density at radius 1 is 1.06 bits per heavy atom. The Kier molecular flexibility index (Phi) is 3.02. The van der Waals surface area contributed by atoms with Gasteiger partial charge in [-0.25, -0.2) is 0 Å². The number of aryl methyl sites for hydroxylation is 1. The van der Waals surface area contributed by atoms with Crippen molar-refractivity contribution >= 4 is 12.1 Å². The fourth-order valence-corrected chi connectivity index (χ4v) is 3.48. The highest BCUT2D eigenvalue weighted by molar-refractivity contribution is 6.26. The summed E-state index contributed by atoms with van der Waals surface area (Å²) in [6.45, 7) is 0. The van der Waals surface area contributed by atoms with Gasteiger partial charge in [0.25, 0.3) is 0 Å². The van der Waals surface area contributed by atoms with Crippen molar-refractivity contribution < 1.29 is 9.59 Å². The van der Waals surface area contributed by atoms with Crippen LogP contribution in [0.1, 0.15) is 41.5 Å². The third kappa shape index (κ3) is 1.90. The summed E-state index contributed by atoms with van der Waals surface area (Å²) in [5, 5.41) is 0. The van der Waals surface area contributed by atoms with Crippen LogP contribution in [0.3, 0.4) is 0 Å². The molecule has 2 nitrogen and oxygen atoms in total. The van der Waals surface area contributed by atoms with Crippen molar-refractivity contribution in [1.29, 1.82) is 0 Å². The zero-order valence-electron chi connectivity index (χ0n) is 10.6. The number of carbonyl (C=O) groups is 2. The second kappa shape index (κ2) is 4.68. The SMILES string of the molecule is O=CC(=O)C1CCc2c(ccc3c2CCCC3)C1.